The first-order valence-electron chi connectivity index (χ1n) is 13.0. The molecule has 4 N–H and O–H groups in total. The van der Waals surface area contributed by atoms with Gasteiger partial charge in [-0.25, -0.2) is 10.2 Å². The fraction of sp³-hybridized carbons (Fsp3) is 0.367. The number of nitrogens with two attached hydrogens (primary N) is 2. The van der Waals surface area contributed by atoms with Crippen LogP contribution >= 0.6 is 0 Å². The van der Waals surface area contributed by atoms with Gasteiger partial charge in [0.1, 0.15) is 5.82 Å². The molecule has 4 aromatic rings. The lowest BCUT2D eigenvalue weighted by Gasteiger charge is -2.33. The minimum Gasteiger partial charge on any atom is -0.401 e. The minimum absolute atomic E-state index is 0.0367. The van der Waals surface area contributed by atoms with Gasteiger partial charge in [-0.2, -0.15) is 0 Å². The van der Waals surface area contributed by atoms with Crippen molar-refractivity contribution in [1.82, 2.24) is 14.6 Å². The van der Waals surface area contributed by atoms with E-state index < -0.39 is 0 Å². The number of pyridine rings is 1. The van der Waals surface area contributed by atoms with Crippen molar-refractivity contribution in [2.45, 2.75) is 45.6 Å². The molecule has 1 unspecified atom stereocenters. The molecule has 7 heteroatoms. The second-order valence-electron chi connectivity index (χ2n) is 10.5. The molecule has 1 fully saturated rings. The van der Waals surface area contributed by atoms with Crippen LogP contribution in [0.3, 0.4) is 0 Å². The van der Waals surface area contributed by atoms with Crippen molar-refractivity contribution in [2.75, 3.05) is 20.3 Å². The van der Waals surface area contributed by atoms with Crippen molar-refractivity contribution in [3.63, 3.8) is 0 Å². The summed E-state index contributed by atoms with van der Waals surface area (Å²) in [5.41, 5.74) is 12.6. The molecule has 1 aliphatic heterocycles. The number of aromatic nitrogens is 2. The van der Waals surface area contributed by atoms with Gasteiger partial charge in [-0.05, 0) is 60.9 Å². The summed E-state index contributed by atoms with van der Waals surface area (Å²) >= 11 is 0. The molecule has 0 amide bonds. The van der Waals surface area contributed by atoms with Crippen LogP contribution in [0.1, 0.15) is 62.3 Å². The van der Waals surface area contributed by atoms with Crippen LogP contribution in [0.2, 0.25) is 0 Å². The molecule has 194 valence electrons. The number of hydrogen-bond donors (Lipinski definition) is 2. The minimum atomic E-state index is -0.374. The van der Waals surface area contributed by atoms with Gasteiger partial charge in [0.15, 0.2) is 0 Å². The van der Waals surface area contributed by atoms with Gasteiger partial charge >= 0.3 is 0 Å². The largest absolute Gasteiger partial charge is 0.401 e. The molecule has 2 aromatic carbocycles. The third-order valence-corrected chi connectivity index (χ3v) is 7.53. The Bertz CT molecular complexity index is 1450. The average molecular weight is 502 g/mol. The first-order valence-corrected chi connectivity index (χ1v) is 13.0. The zero-order valence-electron chi connectivity index (χ0n) is 22.0. The topological polar surface area (TPSA) is 82.3 Å². The van der Waals surface area contributed by atoms with Gasteiger partial charge in [0, 0.05) is 43.1 Å². The lowest BCUT2D eigenvalue weighted by atomic mass is 9.86. The Hall–Kier alpha value is -3.42. The predicted octanol–water partition coefficient (Wildman–Crippen LogP) is 5.92. The summed E-state index contributed by atoms with van der Waals surface area (Å²) in [7, 11) is 1.68. The smallest absolute Gasteiger partial charge is 0.133 e. The molecule has 2 aromatic heterocycles. The van der Waals surface area contributed by atoms with E-state index in [-0.39, 0.29) is 11.9 Å². The SMILES string of the molecule is C/C(N)=C(\c1cc2c(cc1F)c1ncc(C(C)C)cc1n2C(c1ccccc1)C1CCOCC1)N(C)N. The molecule has 3 heterocycles. The Morgan fingerprint density at radius 2 is 1.78 bits per heavy atom. The van der Waals surface area contributed by atoms with E-state index in [0.29, 0.717) is 28.8 Å². The van der Waals surface area contributed by atoms with Crippen molar-refractivity contribution in [3.8, 4) is 0 Å². The normalized spacial score (nSPS) is 16.4. The number of allylic oxidation sites excluding steroid dienone is 1. The summed E-state index contributed by atoms with van der Waals surface area (Å²) in [6.45, 7) is 7.54. The van der Waals surface area contributed by atoms with Gasteiger partial charge in [-0.3, -0.25) is 4.98 Å². The molecule has 37 heavy (non-hydrogen) atoms. The maximum atomic E-state index is 15.7. The quantitative estimate of drug-likeness (QED) is 0.253. The molecular weight excluding hydrogens is 465 g/mol. The van der Waals surface area contributed by atoms with Crippen molar-refractivity contribution < 1.29 is 9.13 Å². The van der Waals surface area contributed by atoms with Crippen LogP contribution in [-0.2, 0) is 4.74 Å². The van der Waals surface area contributed by atoms with Crippen LogP contribution < -0.4 is 11.6 Å². The molecular formula is C30H36FN5O. The molecule has 1 aliphatic rings. The molecule has 0 spiro atoms. The highest BCUT2D eigenvalue weighted by atomic mass is 19.1. The third kappa shape index (κ3) is 4.58. The zero-order valence-corrected chi connectivity index (χ0v) is 22.0. The first-order chi connectivity index (χ1) is 17.8. The highest BCUT2D eigenvalue weighted by molar-refractivity contribution is 6.07. The molecule has 5 rings (SSSR count). The molecule has 1 saturated heterocycles. The Balaban J connectivity index is 1.89. The number of fused-ring (bicyclic) bond motifs is 3. The number of rotatable bonds is 6. The maximum Gasteiger partial charge on any atom is 0.133 e. The lowest BCUT2D eigenvalue weighted by Crippen LogP contribution is -2.28. The fourth-order valence-corrected chi connectivity index (χ4v) is 5.73. The molecule has 0 radical (unpaired) electrons. The van der Waals surface area contributed by atoms with E-state index in [1.807, 2.05) is 18.3 Å². The highest BCUT2D eigenvalue weighted by Crippen LogP contribution is 2.42. The second kappa shape index (κ2) is 10.1. The van der Waals surface area contributed by atoms with Crippen LogP contribution in [-0.4, -0.2) is 34.8 Å². The summed E-state index contributed by atoms with van der Waals surface area (Å²) in [6.07, 6.45) is 3.81. The number of hydrogen-bond acceptors (Lipinski definition) is 5. The Morgan fingerprint density at radius 1 is 1.08 bits per heavy atom. The summed E-state index contributed by atoms with van der Waals surface area (Å²) < 4.78 is 23.8. The highest BCUT2D eigenvalue weighted by Gasteiger charge is 2.31. The van der Waals surface area contributed by atoms with Gasteiger partial charge in [-0.1, -0.05) is 44.2 Å². The van der Waals surface area contributed by atoms with E-state index in [0.717, 1.165) is 53.6 Å². The molecule has 0 aliphatic carbocycles. The Kier molecular flexibility index (Phi) is 6.92. The number of benzene rings is 2. The van der Waals surface area contributed by atoms with Gasteiger partial charge in [0.05, 0.1) is 28.3 Å². The number of hydrazine groups is 1. The fourth-order valence-electron chi connectivity index (χ4n) is 5.73. The van der Waals surface area contributed by atoms with Gasteiger partial charge in [0.25, 0.3) is 0 Å². The van der Waals surface area contributed by atoms with E-state index in [9.17, 15) is 0 Å². The number of nitrogens with zero attached hydrogens (tertiary/aromatic N) is 3. The summed E-state index contributed by atoms with van der Waals surface area (Å²) in [5.74, 6) is 6.41. The summed E-state index contributed by atoms with van der Waals surface area (Å²) in [4.78, 5) is 4.87. The standard InChI is InChI=1S/C30H36FN5O/c1-18(2)22-14-27-28(34-17-22)24-15-25(31)23(29(19(3)32)35(4)33)16-26(24)36(27)30(20-8-6-5-7-9-20)21-10-12-37-13-11-21/h5-9,14-18,21,30H,10-13,32-33H2,1-4H3/b29-19-. The van der Waals surface area contributed by atoms with E-state index in [1.54, 1.807) is 20.0 Å². The van der Waals surface area contributed by atoms with E-state index in [4.69, 9.17) is 21.3 Å². The van der Waals surface area contributed by atoms with Crippen LogP contribution in [0.15, 0.2) is 60.4 Å². The summed E-state index contributed by atoms with van der Waals surface area (Å²) in [6, 6.07) is 16.3. The second-order valence-corrected chi connectivity index (χ2v) is 10.5. The lowest BCUT2D eigenvalue weighted by molar-refractivity contribution is 0.0553. The van der Waals surface area contributed by atoms with Gasteiger partial charge in [0.2, 0.25) is 0 Å². The average Bonchev–Trinajstić information content (AvgIpc) is 3.17. The van der Waals surface area contributed by atoms with Crippen molar-refractivity contribution >= 4 is 27.6 Å². The Labute approximate surface area is 217 Å². The molecule has 6 nitrogen and oxygen atoms in total. The van der Waals surface area contributed by atoms with Gasteiger partial charge < -0.3 is 20.0 Å². The van der Waals surface area contributed by atoms with E-state index >= 15 is 4.39 Å². The van der Waals surface area contributed by atoms with Crippen molar-refractivity contribution in [1.29, 1.82) is 0 Å². The summed E-state index contributed by atoms with van der Waals surface area (Å²) in [5, 5.41) is 2.17. The van der Waals surface area contributed by atoms with Crippen LogP contribution in [0, 0.1) is 11.7 Å². The van der Waals surface area contributed by atoms with E-state index in [2.05, 4.69) is 48.7 Å². The number of ether oxygens (including phenoxy) is 1. The van der Waals surface area contributed by atoms with E-state index in [1.165, 1.54) is 10.6 Å². The molecule has 0 saturated carbocycles. The first kappa shape index (κ1) is 25.2. The predicted molar refractivity (Wildman–Crippen MR) is 148 cm³/mol. The molecule has 1 atom stereocenters. The van der Waals surface area contributed by atoms with Crippen LogP contribution in [0.25, 0.3) is 27.6 Å². The molecule has 0 bridgehead atoms. The number of halogens is 1. The van der Waals surface area contributed by atoms with Crippen LogP contribution in [0.4, 0.5) is 4.39 Å². The van der Waals surface area contributed by atoms with Crippen molar-refractivity contribution in [2.24, 2.45) is 17.5 Å². The third-order valence-electron chi connectivity index (χ3n) is 7.53. The maximum absolute atomic E-state index is 15.7. The zero-order chi connectivity index (χ0) is 26.3. The monoisotopic (exact) mass is 501 g/mol. The van der Waals surface area contributed by atoms with Gasteiger partial charge in [-0.15, -0.1) is 0 Å². The van der Waals surface area contributed by atoms with Crippen LogP contribution in [0.5, 0.6) is 0 Å². The van der Waals surface area contributed by atoms with Crippen molar-refractivity contribution in [3.05, 3.63) is 82.9 Å². The Morgan fingerprint density at radius 3 is 2.41 bits per heavy atom.